The van der Waals surface area contributed by atoms with E-state index in [4.69, 9.17) is 9.15 Å². The molecule has 1 N–H and O–H groups in total. The number of nitrogens with one attached hydrogen (secondary N) is 1. The molecule has 0 saturated carbocycles. The monoisotopic (exact) mass is 589 g/mol. The van der Waals surface area contributed by atoms with Crippen LogP contribution in [0.3, 0.4) is 0 Å². The summed E-state index contributed by atoms with van der Waals surface area (Å²) < 4.78 is 37.4. The first-order valence-corrected chi connectivity index (χ1v) is 15.3. The van der Waals surface area contributed by atoms with Gasteiger partial charge in [0.05, 0.1) is 32.7 Å². The first kappa shape index (κ1) is 30.5. The van der Waals surface area contributed by atoms with Gasteiger partial charge in [-0.2, -0.15) is 4.31 Å². The lowest BCUT2D eigenvalue weighted by Gasteiger charge is -2.33. The SMILES string of the molecule is COc1ccc(CN(C(=O)CN(Cc2ccccc2)S(C)(=O)=O)C(Cc2ccccc2)C(=O)NCc2ccco2)cc1. The van der Waals surface area contributed by atoms with Crippen LogP contribution in [-0.2, 0) is 45.7 Å². The summed E-state index contributed by atoms with van der Waals surface area (Å²) in [6, 6.07) is 28.2. The summed E-state index contributed by atoms with van der Waals surface area (Å²) in [5, 5.41) is 2.89. The molecule has 1 heterocycles. The van der Waals surface area contributed by atoms with Crippen molar-refractivity contribution in [2.45, 2.75) is 32.1 Å². The lowest BCUT2D eigenvalue weighted by atomic mass is 10.0. The van der Waals surface area contributed by atoms with Gasteiger partial charge in [-0.3, -0.25) is 9.59 Å². The van der Waals surface area contributed by atoms with Gasteiger partial charge in [0, 0.05) is 19.5 Å². The first-order chi connectivity index (χ1) is 20.2. The Bertz CT molecular complexity index is 1530. The van der Waals surface area contributed by atoms with E-state index >= 15 is 0 Å². The highest BCUT2D eigenvalue weighted by Crippen LogP contribution is 2.19. The number of hydrogen-bond donors (Lipinski definition) is 1. The number of methoxy groups -OCH3 is 1. The maximum absolute atomic E-state index is 14.1. The molecule has 0 fully saturated rings. The van der Waals surface area contributed by atoms with Crippen LogP contribution < -0.4 is 10.1 Å². The van der Waals surface area contributed by atoms with E-state index in [1.807, 2.05) is 60.7 Å². The predicted octanol–water partition coefficient (Wildman–Crippen LogP) is 4.01. The van der Waals surface area contributed by atoms with Crippen molar-refractivity contribution in [3.05, 3.63) is 126 Å². The van der Waals surface area contributed by atoms with Crippen molar-refractivity contribution < 1.29 is 27.2 Å². The molecule has 9 nitrogen and oxygen atoms in total. The summed E-state index contributed by atoms with van der Waals surface area (Å²) >= 11 is 0. The van der Waals surface area contributed by atoms with Crippen molar-refractivity contribution in [1.82, 2.24) is 14.5 Å². The Morgan fingerprint density at radius 2 is 1.45 bits per heavy atom. The molecule has 1 aromatic heterocycles. The van der Waals surface area contributed by atoms with Crippen LogP contribution in [0.15, 0.2) is 108 Å². The fraction of sp³-hybridized carbons (Fsp3) is 0.250. The number of ether oxygens (including phenoxy) is 1. The zero-order chi connectivity index (χ0) is 30.0. The third kappa shape index (κ3) is 8.79. The molecule has 0 aliphatic carbocycles. The molecule has 0 aliphatic heterocycles. The zero-order valence-corrected chi connectivity index (χ0v) is 24.5. The molecule has 220 valence electrons. The van der Waals surface area contributed by atoms with Crippen LogP contribution in [0.1, 0.15) is 22.5 Å². The predicted molar refractivity (Wildman–Crippen MR) is 160 cm³/mol. The van der Waals surface area contributed by atoms with Crippen LogP contribution in [0.25, 0.3) is 0 Å². The second-order valence-electron chi connectivity index (χ2n) is 9.89. The molecule has 0 radical (unpaired) electrons. The fourth-order valence-corrected chi connectivity index (χ4v) is 5.23. The molecular weight excluding hydrogens is 554 g/mol. The van der Waals surface area contributed by atoms with Crippen molar-refractivity contribution in [2.75, 3.05) is 19.9 Å². The van der Waals surface area contributed by atoms with E-state index in [0.29, 0.717) is 11.5 Å². The van der Waals surface area contributed by atoms with E-state index in [1.54, 1.807) is 43.5 Å². The Labute approximate surface area is 246 Å². The number of benzene rings is 3. The van der Waals surface area contributed by atoms with E-state index in [9.17, 15) is 18.0 Å². The van der Waals surface area contributed by atoms with Crippen molar-refractivity contribution in [2.24, 2.45) is 0 Å². The Morgan fingerprint density at radius 3 is 2.02 bits per heavy atom. The molecule has 0 saturated heterocycles. The van der Waals surface area contributed by atoms with Crippen LogP contribution >= 0.6 is 0 Å². The van der Waals surface area contributed by atoms with Crippen molar-refractivity contribution in [1.29, 1.82) is 0 Å². The van der Waals surface area contributed by atoms with Gasteiger partial charge in [-0.1, -0.05) is 72.8 Å². The van der Waals surface area contributed by atoms with Crippen LogP contribution in [0, 0.1) is 0 Å². The standard InChI is InChI=1S/C32H35N3O6S/c1-40-28-17-15-27(16-18-28)23-35(31(36)24-34(42(2,38)39)22-26-12-7-4-8-13-26)30(20-25-10-5-3-6-11-25)32(37)33-21-29-14-9-19-41-29/h3-19,30H,20-24H2,1-2H3,(H,33,37). The van der Waals surface area contributed by atoms with Crippen molar-refractivity contribution in [3.63, 3.8) is 0 Å². The summed E-state index contributed by atoms with van der Waals surface area (Å²) in [5.41, 5.74) is 2.36. The number of carbonyl (C=O) groups excluding carboxylic acids is 2. The quantitative estimate of drug-likeness (QED) is 0.238. The summed E-state index contributed by atoms with van der Waals surface area (Å²) in [5.74, 6) is 0.341. The Hall–Kier alpha value is -4.41. The molecule has 4 aromatic rings. The van der Waals surface area contributed by atoms with Crippen molar-refractivity contribution in [3.8, 4) is 5.75 Å². The molecular formula is C32H35N3O6S. The normalized spacial score (nSPS) is 12.1. The maximum Gasteiger partial charge on any atom is 0.243 e. The van der Waals surface area contributed by atoms with E-state index in [2.05, 4.69) is 5.32 Å². The number of rotatable bonds is 14. The van der Waals surface area contributed by atoms with Gasteiger partial charge >= 0.3 is 0 Å². The molecule has 42 heavy (non-hydrogen) atoms. The van der Waals surface area contributed by atoms with E-state index in [1.165, 1.54) is 11.2 Å². The van der Waals surface area contributed by atoms with Gasteiger partial charge in [-0.05, 0) is 41.0 Å². The number of nitrogens with zero attached hydrogens (tertiary/aromatic N) is 2. The number of sulfonamides is 1. The molecule has 0 aliphatic rings. The average Bonchev–Trinajstić information content (AvgIpc) is 3.52. The van der Waals surface area contributed by atoms with E-state index in [-0.39, 0.29) is 32.0 Å². The van der Waals surface area contributed by atoms with Crippen LogP contribution in [0.2, 0.25) is 0 Å². The summed E-state index contributed by atoms with van der Waals surface area (Å²) in [6.07, 6.45) is 2.83. The molecule has 0 spiro atoms. The number of amides is 2. The van der Waals surface area contributed by atoms with Gasteiger partial charge in [0.1, 0.15) is 17.6 Å². The average molecular weight is 590 g/mol. The molecule has 2 amide bonds. The molecule has 1 unspecified atom stereocenters. The largest absolute Gasteiger partial charge is 0.497 e. The maximum atomic E-state index is 14.1. The highest BCUT2D eigenvalue weighted by Gasteiger charge is 2.33. The lowest BCUT2D eigenvalue weighted by Crippen LogP contribution is -2.53. The van der Waals surface area contributed by atoms with Gasteiger partial charge in [0.2, 0.25) is 21.8 Å². The molecule has 3 aromatic carbocycles. The highest BCUT2D eigenvalue weighted by molar-refractivity contribution is 7.88. The molecule has 4 rings (SSSR count). The van der Waals surface area contributed by atoms with Gasteiger partial charge in [-0.25, -0.2) is 8.42 Å². The number of hydrogen-bond acceptors (Lipinski definition) is 6. The van der Waals surface area contributed by atoms with E-state index < -0.39 is 28.5 Å². The third-order valence-corrected chi connectivity index (χ3v) is 7.98. The van der Waals surface area contributed by atoms with Crippen molar-refractivity contribution >= 4 is 21.8 Å². The molecule has 1 atom stereocenters. The van der Waals surface area contributed by atoms with Gasteiger partial charge in [-0.15, -0.1) is 0 Å². The van der Waals surface area contributed by atoms with Crippen LogP contribution in [0.4, 0.5) is 0 Å². The third-order valence-electron chi connectivity index (χ3n) is 6.78. The van der Waals surface area contributed by atoms with E-state index in [0.717, 1.165) is 27.3 Å². The highest BCUT2D eigenvalue weighted by atomic mass is 32.2. The Kier molecular flexibility index (Phi) is 10.5. The molecule has 10 heteroatoms. The van der Waals surface area contributed by atoms with Gasteiger partial charge in [0.15, 0.2) is 0 Å². The Balaban J connectivity index is 1.67. The minimum atomic E-state index is -3.76. The van der Waals surface area contributed by atoms with Crippen LogP contribution in [0.5, 0.6) is 5.75 Å². The summed E-state index contributed by atoms with van der Waals surface area (Å²) in [7, 11) is -2.20. The topological polar surface area (TPSA) is 109 Å². The second kappa shape index (κ2) is 14.5. The zero-order valence-electron chi connectivity index (χ0n) is 23.7. The van der Waals surface area contributed by atoms with Gasteiger partial charge < -0.3 is 19.4 Å². The number of furan rings is 1. The summed E-state index contributed by atoms with van der Waals surface area (Å²) in [6.45, 7) is -0.181. The lowest BCUT2D eigenvalue weighted by molar-refractivity contribution is -0.141. The fourth-order valence-electron chi connectivity index (χ4n) is 4.51. The second-order valence-corrected chi connectivity index (χ2v) is 11.9. The minimum absolute atomic E-state index is 0.0236. The van der Waals surface area contributed by atoms with Crippen LogP contribution in [-0.4, -0.2) is 55.4 Å². The number of carbonyl (C=O) groups is 2. The smallest absolute Gasteiger partial charge is 0.243 e. The Morgan fingerprint density at radius 1 is 0.833 bits per heavy atom. The minimum Gasteiger partial charge on any atom is -0.497 e. The first-order valence-electron chi connectivity index (χ1n) is 13.5. The van der Waals surface area contributed by atoms with Gasteiger partial charge in [0.25, 0.3) is 0 Å². The summed E-state index contributed by atoms with van der Waals surface area (Å²) in [4.78, 5) is 29.3. The molecule has 0 bridgehead atoms.